The lowest BCUT2D eigenvalue weighted by atomic mass is 10.0. The van der Waals surface area contributed by atoms with Crippen molar-refractivity contribution in [1.82, 2.24) is 19.9 Å². The minimum atomic E-state index is -0.468. The Morgan fingerprint density at radius 2 is 1.96 bits per heavy atom. The van der Waals surface area contributed by atoms with Crippen molar-refractivity contribution in [1.29, 1.82) is 0 Å². The van der Waals surface area contributed by atoms with Gasteiger partial charge < -0.3 is 4.90 Å². The average molecular weight is 382 g/mol. The second-order valence-electron chi connectivity index (χ2n) is 6.96. The van der Waals surface area contributed by atoms with E-state index in [4.69, 9.17) is 0 Å². The Morgan fingerprint density at radius 1 is 1.14 bits per heavy atom. The first-order valence-electron chi connectivity index (χ1n) is 9.30. The summed E-state index contributed by atoms with van der Waals surface area (Å²) in [7, 11) is 0. The summed E-state index contributed by atoms with van der Waals surface area (Å²) in [5.41, 5.74) is 1.71. The van der Waals surface area contributed by atoms with Crippen molar-refractivity contribution < 1.29 is 13.6 Å². The molecule has 1 fully saturated rings. The number of amides is 1. The van der Waals surface area contributed by atoms with Crippen molar-refractivity contribution in [3.05, 3.63) is 77.6 Å². The first-order chi connectivity index (χ1) is 13.6. The minimum Gasteiger partial charge on any atom is -0.339 e. The molecular formula is C21H20F2N4O. The van der Waals surface area contributed by atoms with E-state index < -0.39 is 11.6 Å². The zero-order chi connectivity index (χ0) is 19.5. The van der Waals surface area contributed by atoms with Gasteiger partial charge in [-0.05, 0) is 55.2 Å². The maximum atomic E-state index is 14.0. The number of carbonyl (C=O) groups is 1. The van der Waals surface area contributed by atoms with Crippen LogP contribution in [-0.4, -0.2) is 38.4 Å². The van der Waals surface area contributed by atoms with E-state index in [0.29, 0.717) is 24.2 Å². The molecule has 1 aromatic heterocycles. The smallest absolute Gasteiger partial charge is 0.228 e. The van der Waals surface area contributed by atoms with Crippen LogP contribution in [-0.2, 0) is 17.6 Å². The molecule has 144 valence electrons. The van der Waals surface area contributed by atoms with Gasteiger partial charge in [0.25, 0.3) is 0 Å². The molecule has 0 spiro atoms. The van der Waals surface area contributed by atoms with E-state index in [1.807, 2.05) is 30.3 Å². The molecule has 1 saturated heterocycles. The fourth-order valence-corrected chi connectivity index (χ4v) is 3.65. The summed E-state index contributed by atoms with van der Waals surface area (Å²) < 4.78 is 27.4. The van der Waals surface area contributed by atoms with Crippen molar-refractivity contribution in [2.75, 3.05) is 6.54 Å². The maximum Gasteiger partial charge on any atom is 0.228 e. The molecule has 1 atom stereocenters. The first kappa shape index (κ1) is 18.3. The quantitative estimate of drug-likeness (QED) is 0.680. The molecule has 7 heteroatoms. The Bertz CT molecular complexity index is 974. The highest BCUT2D eigenvalue weighted by Gasteiger charge is 2.30. The Morgan fingerprint density at radius 3 is 2.79 bits per heavy atom. The van der Waals surface area contributed by atoms with Gasteiger partial charge in [0, 0.05) is 12.6 Å². The largest absolute Gasteiger partial charge is 0.339 e. The molecule has 0 aliphatic carbocycles. The van der Waals surface area contributed by atoms with E-state index in [1.54, 1.807) is 11.1 Å². The number of likely N-dealkylation sites (tertiary alicyclic amines) is 1. The summed E-state index contributed by atoms with van der Waals surface area (Å²) in [5.74, 6) is -0.976. The van der Waals surface area contributed by atoms with Crippen molar-refractivity contribution in [3.63, 3.8) is 0 Å². The lowest BCUT2D eigenvalue weighted by molar-refractivity contribution is -0.131. The zero-order valence-corrected chi connectivity index (χ0v) is 15.3. The minimum absolute atomic E-state index is 0.0700. The molecule has 2 aromatic carbocycles. The van der Waals surface area contributed by atoms with Gasteiger partial charge in [0.1, 0.15) is 11.6 Å². The third kappa shape index (κ3) is 3.93. The zero-order valence-electron chi connectivity index (χ0n) is 15.3. The highest BCUT2D eigenvalue weighted by Crippen LogP contribution is 2.24. The highest BCUT2D eigenvalue weighted by molar-refractivity contribution is 5.79. The number of aromatic nitrogens is 3. The number of benzene rings is 2. The second kappa shape index (κ2) is 7.88. The number of carbonyl (C=O) groups excluding carboxylic acids is 1. The van der Waals surface area contributed by atoms with E-state index in [-0.39, 0.29) is 18.4 Å². The summed E-state index contributed by atoms with van der Waals surface area (Å²) in [6.45, 7) is 0.618. The molecule has 4 rings (SSSR count). The van der Waals surface area contributed by atoms with Crippen LogP contribution in [0.5, 0.6) is 0 Å². The Kier molecular flexibility index (Phi) is 5.14. The van der Waals surface area contributed by atoms with Crippen LogP contribution in [0.3, 0.4) is 0 Å². The summed E-state index contributed by atoms with van der Waals surface area (Å²) in [5, 5.41) is 8.59. The highest BCUT2D eigenvalue weighted by atomic mass is 19.1. The molecule has 1 amide bonds. The maximum absolute atomic E-state index is 14.0. The third-order valence-corrected chi connectivity index (χ3v) is 5.02. The molecular weight excluding hydrogens is 362 g/mol. The second-order valence-corrected chi connectivity index (χ2v) is 6.96. The predicted octanol–water partition coefficient (Wildman–Crippen LogP) is 3.32. The molecule has 2 heterocycles. The van der Waals surface area contributed by atoms with Crippen LogP contribution in [0.15, 0.2) is 54.7 Å². The molecule has 1 unspecified atom stereocenters. The number of hydrogen-bond acceptors (Lipinski definition) is 3. The molecule has 0 saturated carbocycles. The fraction of sp³-hybridized carbons (Fsp3) is 0.286. The van der Waals surface area contributed by atoms with Gasteiger partial charge in [-0.3, -0.25) is 4.79 Å². The first-order valence-corrected chi connectivity index (χ1v) is 9.30. The summed E-state index contributed by atoms with van der Waals surface area (Å²) in [6.07, 6.45) is 3.66. The molecule has 0 N–H and O–H groups in total. The molecule has 28 heavy (non-hydrogen) atoms. The van der Waals surface area contributed by atoms with E-state index in [2.05, 4.69) is 10.2 Å². The normalized spacial score (nSPS) is 16.5. The van der Waals surface area contributed by atoms with Gasteiger partial charge in [0.05, 0.1) is 24.0 Å². The fourth-order valence-electron chi connectivity index (χ4n) is 3.65. The van der Waals surface area contributed by atoms with Crippen LogP contribution in [0, 0.1) is 11.6 Å². The van der Waals surface area contributed by atoms with Gasteiger partial charge in [-0.15, -0.1) is 0 Å². The summed E-state index contributed by atoms with van der Waals surface area (Å²) in [4.78, 5) is 16.0. The van der Waals surface area contributed by atoms with Crippen LogP contribution in [0.4, 0.5) is 8.78 Å². The Balaban J connectivity index is 1.44. The van der Waals surface area contributed by atoms with Gasteiger partial charge in [-0.2, -0.15) is 15.0 Å². The lowest BCUT2D eigenvalue weighted by Gasteiger charge is -2.24. The van der Waals surface area contributed by atoms with E-state index in [1.165, 1.54) is 10.9 Å². The van der Waals surface area contributed by atoms with Crippen LogP contribution in [0.2, 0.25) is 0 Å². The number of hydrogen-bond donors (Lipinski definition) is 0. The van der Waals surface area contributed by atoms with Crippen molar-refractivity contribution in [2.45, 2.75) is 31.7 Å². The van der Waals surface area contributed by atoms with Crippen LogP contribution in [0.1, 0.15) is 24.1 Å². The topological polar surface area (TPSA) is 51.0 Å². The lowest BCUT2D eigenvalue weighted by Crippen LogP contribution is -2.38. The average Bonchev–Trinajstić information content (AvgIpc) is 3.35. The number of halogens is 2. The van der Waals surface area contributed by atoms with E-state index in [9.17, 15) is 13.6 Å². The molecule has 3 aromatic rings. The van der Waals surface area contributed by atoms with Gasteiger partial charge in [-0.1, -0.05) is 18.2 Å². The van der Waals surface area contributed by atoms with Crippen molar-refractivity contribution in [2.24, 2.45) is 0 Å². The van der Waals surface area contributed by atoms with Crippen LogP contribution < -0.4 is 0 Å². The monoisotopic (exact) mass is 382 g/mol. The molecule has 1 aliphatic rings. The molecule has 1 aliphatic heterocycles. The van der Waals surface area contributed by atoms with Gasteiger partial charge >= 0.3 is 0 Å². The molecule has 0 bridgehead atoms. The predicted molar refractivity (Wildman–Crippen MR) is 99.9 cm³/mol. The van der Waals surface area contributed by atoms with Crippen molar-refractivity contribution in [3.8, 4) is 5.69 Å². The van der Waals surface area contributed by atoms with Gasteiger partial charge in [0.15, 0.2) is 0 Å². The Labute approximate surface area is 161 Å². The van der Waals surface area contributed by atoms with Gasteiger partial charge in [-0.25, -0.2) is 8.78 Å². The molecule has 5 nitrogen and oxygen atoms in total. The third-order valence-electron chi connectivity index (χ3n) is 5.02. The summed E-state index contributed by atoms with van der Waals surface area (Å²) in [6, 6.07) is 12.8. The number of nitrogens with zero attached hydrogens (tertiary/aromatic N) is 4. The van der Waals surface area contributed by atoms with Crippen LogP contribution in [0.25, 0.3) is 5.69 Å². The Hall–Kier alpha value is -3.09. The van der Waals surface area contributed by atoms with Crippen molar-refractivity contribution >= 4 is 5.91 Å². The van der Waals surface area contributed by atoms with E-state index in [0.717, 1.165) is 30.7 Å². The number of rotatable bonds is 5. The standard InChI is InChI=1S/C21H20F2N4O/c22-16-8-9-20(23)15(11-16)12-19-7-4-10-26(19)21(28)13-17-14-24-27(25-17)18-5-2-1-3-6-18/h1-3,5-6,8-9,11,14,19H,4,7,10,12-13H2. The van der Waals surface area contributed by atoms with Crippen LogP contribution >= 0.6 is 0 Å². The summed E-state index contributed by atoms with van der Waals surface area (Å²) >= 11 is 0. The molecule has 0 radical (unpaired) electrons. The number of para-hydroxylation sites is 1. The SMILES string of the molecule is O=C(Cc1cnn(-c2ccccc2)n1)N1CCCC1Cc1cc(F)ccc1F. The van der Waals surface area contributed by atoms with E-state index >= 15 is 0 Å². The van der Waals surface area contributed by atoms with Gasteiger partial charge in [0.2, 0.25) is 5.91 Å².